The molecule has 1 aliphatic heterocycles. The van der Waals surface area contributed by atoms with Gasteiger partial charge < -0.3 is 4.90 Å². The number of carbonyl (C=O) groups is 2. The van der Waals surface area contributed by atoms with Crippen molar-refractivity contribution in [2.24, 2.45) is 16.3 Å². The molecule has 1 heterocycles. The molecule has 1 amide bonds. The molecule has 0 radical (unpaired) electrons. The number of hydrogen-bond acceptors (Lipinski definition) is 3. The molecule has 1 aromatic rings. The van der Waals surface area contributed by atoms with E-state index >= 15 is 0 Å². The Morgan fingerprint density at radius 3 is 2.38 bits per heavy atom. The van der Waals surface area contributed by atoms with Gasteiger partial charge in [0.05, 0.1) is 30.1 Å². The predicted octanol–water partition coefficient (Wildman–Crippen LogP) is 8.64. The second-order valence-electron chi connectivity index (χ2n) is 12.4. The molecule has 0 aromatic heterocycles. The van der Waals surface area contributed by atoms with Gasteiger partial charge in [-0.2, -0.15) is 0 Å². The van der Waals surface area contributed by atoms with E-state index in [0.717, 1.165) is 62.5 Å². The number of alkyl halides is 2. The highest BCUT2D eigenvalue weighted by atomic mass is 35.5. The molecule has 1 fully saturated rings. The summed E-state index contributed by atoms with van der Waals surface area (Å²) >= 11 is 12.8. The molecule has 1 spiro atoms. The first kappa shape index (κ1) is 29.9. The average molecular weight is 571 g/mol. The quantitative estimate of drug-likeness (QED) is 0.170. The average Bonchev–Trinajstić information content (AvgIpc) is 3.18. The molecule has 3 atom stereocenters. The molecular formula is C33H43Cl2N2O2+. The van der Waals surface area contributed by atoms with Crippen LogP contribution in [0.3, 0.4) is 0 Å². The largest absolute Gasteiger partial charge is 0.305 e. The van der Waals surface area contributed by atoms with E-state index in [1.165, 1.54) is 0 Å². The van der Waals surface area contributed by atoms with Gasteiger partial charge in [0.1, 0.15) is 11.4 Å². The Hall–Kier alpha value is -2.04. The van der Waals surface area contributed by atoms with E-state index in [9.17, 15) is 9.59 Å². The highest BCUT2D eigenvalue weighted by Crippen LogP contribution is 2.50. The second kappa shape index (κ2) is 12.2. The number of amides is 1. The van der Waals surface area contributed by atoms with Gasteiger partial charge in [-0.25, -0.2) is 0 Å². The van der Waals surface area contributed by atoms with E-state index in [4.69, 9.17) is 28.2 Å². The highest BCUT2D eigenvalue weighted by molar-refractivity contribution is 6.48. The van der Waals surface area contributed by atoms with Crippen molar-refractivity contribution in [2.75, 3.05) is 0 Å². The lowest BCUT2D eigenvalue weighted by Gasteiger charge is -2.47. The highest BCUT2D eigenvalue weighted by Gasteiger charge is 2.52. The van der Waals surface area contributed by atoms with Gasteiger partial charge in [-0.05, 0) is 55.4 Å². The Labute approximate surface area is 244 Å². The topological polar surface area (TPSA) is 49.7 Å². The third-order valence-corrected chi connectivity index (χ3v) is 9.67. The van der Waals surface area contributed by atoms with Gasteiger partial charge in [0.25, 0.3) is 5.91 Å². The van der Waals surface area contributed by atoms with E-state index in [2.05, 4.69) is 39.5 Å². The molecule has 2 aliphatic carbocycles. The molecule has 4 nitrogen and oxygen atoms in total. The Bertz CT molecular complexity index is 1140. The van der Waals surface area contributed by atoms with Gasteiger partial charge in [-0.15, -0.1) is 23.2 Å². The van der Waals surface area contributed by atoms with Crippen LogP contribution in [-0.2, 0) is 4.79 Å². The fourth-order valence-corrected chi connectivity index (χ4v) is 6.71. The van der Waals surface area contributed by atoms with Crippen molar-refractivity contribution in [1.82, 2.24) is 4.90 Å². The molecule has 0 bridgehead atoms. The summed E-state index contributed by atoms with van der Waals surface area (Å²) in [7, 11) is 0. The number of allylic oxidation sites excluding steroid dienone is 3. The van der Waals surface area contributed by atoms with E-state index in [0.29, 0.717) is 23.6 Å². The van der Waals surface area contributed by atoms with Crippen LogP contribution >= 0.6 is 23.2 Å². The first-order valence-electron chi connectivity index (χ1n) is 14.5. The number of halogens is 2. The van der Waals surface area contributed by atoms with Crippen molar-refractivity contribution in [3.63, 3.8) is 0 Å². The minimum atomic E-state index is -0.578. The maximum atomic E-state index is 14.3. The van der Waals surface area contributed by atoms with Crippen molar-refractivity contribution in [3.8, 4) is 0 Å². The lowest BCUT2D eigenvalue weighted by molar-refractivity contribution is -0.133. The van der Waals surface area contributed by atoms with Crippen LogP contribution in [0.5, 0.6) is 0 Å². The smallest absolute Gasteiger partial charge is 0.275 e. The number of ketones is 1. The van der Waals surface area contributed by atoms with Gasteiger partial charge in [-0.1, -0.05) is 76.6 Å². The first-order chi connectivity index (χ1) is 18.5. The molecule has 0 N–H and O–H groups in total. The number of hydrogen-bond donors (Lipinski definition) is 0. The lowest BCUT2D eigenvalue weighted by Crippen LogP contribution is -2.51. The van der Waals surface area contributed by atoms with E-state index < -0.39 is 5.66 Å². The summed E-state index contributed by atoms with van der Waals surface area (Å²) in [4.78, 5) is 34.2. The molecule has 4 rings (SSSR count). The normalized spacial score (nSPS) is 28.0. The van der Waals surface area contributed by atoms with Crippen LogP contribution in [0.4, 0.5) is 0 Å². The zero-order valence-electron chi connectivity index (χ0n) is 23.9. The molecule has 39 heavy (non-hydrogen) atoms. The van der Waals surface area contributed by atoms with Crippen molar-refractivity contribution in [2.45, 2.75) is 108 Å². The van der Waals surface area contributed by atoms with Gasteiger partial charge in [0, 0.05) is 17.6 Å². The zero-order valence-corrected chi connectivity index (χ0v) is 25.4. The summed E-state index contributed by atoms with van der Waals surface area (Å²) in [6.45, 7) is 12.9. The number of rotatable bonds is 9. The molecule has 6 heteroatoms. The number of carbonyl (C=O) groups excluding carboxylic acids is 2. The fraction of sp³-hybridized carbons (Fsp3) is 0.576. The molecule has 3 aliphatic rings. The first-order valence-corrected chi connectivity index (χ1v) is 15.4. The summed E-state index contributed by atoms with van der Waals surface area (Å²) in [5.74, 6) is 0.693. The van der Waals surface area contributed by atoms with Crippen LogP contribution in [-0.4, -0.2) is 38.7 Å². The zero-order chi connectivity index (χ0) is 28.4. The van der Waals surface area contributed by atoms with Gasteiger partial charge in [0.2, 0.25) is 0 Å². The Balaban J connectivity index is 1.71. The third kappa shape index (κ3) is 6.33. The minimum Gasteiger partial charge on any atom is -0.305 e. The number of unbranched alkanes of at least 4 members (excludes halogenated alkanes) is 1. The van der Waals surface area contributed by atoms with E-state index in [-0.39, 0.29) is 33.9 Å². The summed E-state index contributed by atoms with van der Waals surface area (Å²) in [5.41, 5.74) is 2.67. The van der Waals surface area contributed by atoms with Crippen LogP contribution in [0.1, 0.15) is 107 Å². The monoisotopic (exact) mass is 569 g/mol. The number of Topliss-reactive ketones (excluding diaryl/α,β-unsaturated/α-hetero) is 1. The van der Waals surface area contributed by atoms with Gasteiger partial charge in [0.15, 0.2) is 5.78 Å². The van der Waals surface area contributed by atoms with Gasteiger partial charge >= 0.3 is 0 Å². The molecule has 3 unspecified atom stereocenters. The van der Waals surface area contributed by atoms with Crippen molar-refractivity contribution in [1.29, 1.82) is 0 Å². The predicted molar refractivity (Wildman–Crippen MR) is 163 cm³/mol. The van der Waals surface area contributed by atoms with Gasteiger partial charge in [-0.3, -0.25) is 14.6 Å². The minimum absolute atomic E-state index is 0.0361. The summed E-state index contributed by atoms with van der Waals surface area (Å²) in [6.07, 6.45) is 13.1. The Kier molecular flexibility index (Phi) is 9.38. The molecular weight excluding hydrogens is 527 g/mol. The summed E-state index contributed by atoms with van der Waals surface area (Å²) in [6, 6.07) is 7.77. The Morgan fingerprint density at radius 2 is 1.82 bits per heavy atom. The molecule has 0 saturated heterocycles. The van der Waals surface area contributed by atoms with Crippen molar-refractivity contribution in [3.05, 3.63) is 66.1 Å². The molecule has 210 valence electrons. The third-order valence-electron chi connectivity index (χ3n) is 8.72. The lowest BCUT2D eigenvalue weighted by atomic mass is 9.69. The standard InChI is InChI=1S/C33H43Cl2N2O2/c1-6-8-10-29(38)23-13-11-22(12-14-23)28(9-7-2)37-31(39)30(24-15-16-26(34)27(35)21-24)36-33(37)19-17-25(18-20-33)32(3,4)5/h11-16,21,25-28H,1,6-10,17-20H2,2-5H3/q+1. The number of benzene rings is 1. The van der Waals surface area contributed by atoms with Crippen LogP contribution in [0, 0.1) is 18.3 Å². The fourth-order valence-electron chi connectivity index (χ4n) is 6.35. The molecule has 1 aromatic carbocycles. The maximum Gasteiger partial charge on any atom is 0.275 e. The Morgan fingerprint density at radius 1 is 1.15 bits per heavy atom. The maximum absolute atomic E-state index is 14.3. The second-order valence-corrected chi connectivity index (χ2v) is 13.4. The summed E-state index contributed by atoms with van der Waals surface area (Å²) < 4.78 is 0. The van der Waals surface area contributed by atoms with Crippen molar-refractivity contribution < 1.29 is 9.59 Å². The van der Waals surface area contributed by atoms with E-state index in [1.807, 2.05) is 42.5 Å². The van der Waals surface area contributed by atoms with Crippen molar-refractivity contribution >= 4 is 40.6 Å². The summed E-state index contributed by atoms with van der Waals surface area (Å²) in [5, 5.41) is -0.689. The molecule has 1 saturated carbocycles. The van der Waals surface area contributed by atoms with E-state index in [1.54, 1.807) is 0 Å². The van der Waals surface area contributed by atoms with Crippen LogP contribution in [0.2, 0.25) is 0 Å². The number of nitrogens with zero attached hydrogens (tertiary/aromatic N) is 2. The van der Waals surface area contributed by atoms with Crippen LogP contribution in [0.15, 0.2) is 53.1 Å². The van der Waals surface area contributed by atoms with Crippen LogP contribution in [0.25, 0.3) is 0 Å². The number of aliphatic imine (C=N–C) groups is 1. The SMILES string of the molecule is [CH2+]CCCC(=O)c1ccc(C(CCC)N2C(=O)C(C3=CC(Cl)C(Cl)C=C3)=NC23CCC(C(C)(C)C)CC3)cc1. The van der Waals surface area contributed by atoms with Crippen LogP contribution < -0.4 is 0 Å².